The van der Waals surface area contributed by atoms with Crippen molar-refractivity contribution in [1.82, 2.24) is 9.36 Å². The maximum absolute atomic E-state index is 5.68. The molecule has 124 valence electrons. The highest BCUT2D eigenvalue weighted by molar-refractivity contribution is 7.09. The summed E-state index contributed by atoms with van der Waals surface area (Å²) in [7, 11) is 0. The summed E-state index contributed by atoms with van der Waals surface area (Å²) in [4.78, 5) is 4.62. The zero-order valence-corrected chi connectivity index (χ0v) is 14.9. The Kier molecular flexibility index (Phi) is 4.43. The number of hydrogen-bond acceptors (Lipinski definition) is 6. The van der Waals surface area contributed by atoms with E-state index < -0.39 is 0 Å². The summed E-state index contributed by atoms with van der Waals surface area (Å²) in [6.45, 7) is 9.74. The molecule has 1 aromatic carbocycles. The van der Waals surface area contributed by atoms with Crippen molar-refractivity contribution >= 4 is 16.7 Å². The van der Waals surface area contributed by atoms with Crippen molar-refractivity contribution in [2.75, 3.05) is 18.5 Å². The molecule has 0 spiro atoms. The van der Waals surface area contributed by atoms with Crippen LogP contribution in [0.2, 0.25) is 0 Å². The standard InChI is InChI=1S/C17H23N3O2S/c1-5-12(18-16-19-15(20-23-16)17(2,3)4)11-6-7-13-14(10-11)22-9-8-21-13/h6-7,10,12H,5,8-9H2,1-4H3,(H,18,19,20). The lowest BCUT2D eigenvalue weighted by molar-refractivity contribution is 0.171. The van der Waals surface area contributed by atoms with Crippen LogP contribution in [0.4, 0.5) is 5.13 Å². The minimum Gasteiger partial charge on any atom is -0.486 e. The fourth-order valence-corrected chi connectivity index (χ4v) is 3.24. The van der Waals surface area contributed by atoms with E-state index in [1.807, 2.05) is 6.07 Å². The van der Waals surface area contributed by atoms with Crippen molar-refractivity contribution in [3.63, 3.8) is 0 Å². The number of benzene rings is 1. The summed E-state index contributed by atoms with van der Waals surface area (Å²) >= 11 is 1.42. The van der Waals surface area contributed by atoms with Gasteiger partial charge >= 0.3 is 0 Å². The molecule has 0 amide bonds. The highest BCUT2D eigenvalue weighted by atomic mass is 32.1. The van der Waals surface area contributed by atoms with Crippen LogP contribution in [0.25, 0.3) is 0 Å². The maximum atomic E-state index is 5.68. The van der Waals surface area contributed by atoms with Crippen LogP contribution in [0.3, 0.4) is 0 Å². The second-order valence-electron chi connectivity index (χ2n) is 6.68. The summed E-state index contributed by atoms with van der Waals surface area (Å²) in [5.41, 5.74) is 1.14. The molecule has 1 aromatic heterocycles. The Morgan fingerprint density at radius 2 is 1.96 bits per heavy atom. The van der Waals surface area contributed by atoms with Crippen LogP contribution in [0.5, 0.6) is 11.5 Å². The summed E-state index contributed by atoms with van der Waals surface area (Å²) in [5, 5.41) is 4.35. The van der Waals surface area contributed by atoms with E-state index in [0.717, 1.165) is 28.9 Å². The van der Waals surface area contributed by atoms with Gasteiger partial charge in [-0.25, -0.2) is 4.98 Å². The van der Waals surface area contributed by atoms with Crippen LogP contribution in [-0.2, 0) is 5.41 Å². The first-order chi connectivity index (χ1) is 11.0. The number of ether oxygens (including phenoxy) is 2. The van der Waals surface area contributed by atoms with E-state index in [1.165, 1.54) is 17.1 Å². The molecule has 0 saturated carbocycles. The Morgan fingerprint density at radius 3 is 2.61 bits per heavy atom. The fraction of sp³-hybridized carbons (Fsp3) is 0.529. The number of aromatic nitrogens is 2. The molecule has 6 heteroatoms. The maximum Gasteiger partial charge on any atom is 0.203 e. The summed E-state index contributed by atoms with van der Waals surface area (Å²) in [5.74, 6) is 2.52. The quantitative estimate of drug-likeness (QED) is 0.910. The number of hydrogen-bond donors (Lipinski definition) is 1. The topological polar surface area (TPSA) is 56.3 Å². The SMILES string of the molecule is CCC(Nc1nc(C(C)(C)C)ns1)c1ccc2c(c1)OCCO2. The molecule has 0 bridgehead atoms. The molecule has 5 nitrogen and oxygen atoms in total. The Balaban J connectivity index is 1.79. The third kappa shape index (κ3) is 3.58. The number of anilines is 1. The van der Waals surface area contributed by atoms with Crippen LogP contribution in [0, 0.1) is 0 Å². The number of rotatable bonds is 4. The first-order valence-corrected chi connectivity index (χ1v) is 8.75. The molecule has 0 saturated heterocycles. The Hall–Kier alpha value is -1.82. The summed E-state index contributed by atoms with van der Waals surface area (Å²) in [6, 6.07) is 6.29. The zero-order chi connectivity index (χ0) is 16.4. The van der Waals surface area contributed by atoms with E-state index in [9.17, 15) is 0 Å². The second kappa shape index (κ2) is 6.35. The molecule has 0 aliphatic carbocycles. The summed E-state index contributed by atoms with van der Waals surface area (Å²) < 4.78 is 15.7. The van der Waals surface area contributed by atoms with Gasteiger partial charge in [-0.2, -0.15) is 4.37 Å². The molecule has 1 aliphatic heterocycles. The third-order valence-corrected chi connectivity index (χ3v) is 4.42. The normalized spacial score (nSPS) is 15.3. The van der Waals surface area contributed by atoms with E-state index in [1.54, 1.807) is 0 Å². The number of nitrogens with one attached hydrogen (secondary N) is 1. The molecule has 0 fully saturated rings. The monoisotopic (exact) mass is 333 g/mol. The van der Waals surface area contributed by atoms with Crippen molar-refractivity contribution in [2.45, 2.75) is 45.6 Å². The number of fused-ring (bicyclic) bond motifs is 1. The van der Waals surface area contributed by atoms with Crippen molar-refractivity contribution < 1.29 is 9.47 Å². The Labute approximate surface area is 141 Å². The molecule has 23 heavy (non-hydrogen) atoms. The molecular weight excluding hydrogens is 310 g/mol. The Bertz CT molecular complexity index is 679. The van der Waals surface area contributed by atoms with Crippen LogP contribution < -0.4 is 14.8 Å². The van der Waals surface area contributed by atoms with Crippen molar-refractivity contribution in [1.29, 1.82) is 0 Å². The molecule has 1 unspecified atom stereocenters. The van der Waals surface area contributed by atoms with Gasteiger partial charge in [0.05, 0.1) is 6.04 Å². The van der Waals surface area contributed by atoms with Gasteiger partial charge in [0.1, 0.15) is 19.0 Å². The van der Waals surface area contributed by atoms with Crippen molar-refractivity contribution in [2.24, 2.45) is 0 Å². The molecule has 1 atom stereocenters. The highest BCUT2D eigenvalue weighted by Crippen LogP contribution is 2.34. The molecule has 3 rings (SSSR count). The Morgan fingerprint density at radius 1 is 1.22 bits per heavy atom. The molecule has 1 aliphatic rings. The summed E-state index contributed by atoms with van der Waals surface area (Å²) in [6.07, 6.45) is 0.948. The van der Waals surface area contributed by atoms with Crippen molar-refractivity contribution in [3.8, 4) is 11.5 Å². The fourth-order valence-electron chi connectivity index (χ4n) is 2.43. The number of nitrogens with zero attached hydrogens (tertiary/aromatic N) is 2. The van der Waals surface area contributed by atoms with Gasteiger partial charge in [0.2, 0.25) is 5.13 Å². The smallest absolute Gasteiger partial charge is 0.203 e. The second-order valence-corrected chi connectivity index (χ2v) is 7.43. The lowest BCUT2D eigenvalue weighted by Crippen LogP contribution is -2.16. The first kappa shape index (κ1) is 16.1. The average molecular weight is 333 g/mol. The van der Waals surface area contributed by atoms with Gasteiger partial charge in [-0.3, -0.25) is 0 Å². The van der Waals surface area contributed by atoms with Gasteiger partial charge in [-0.15, -0.1) is 0 Å². The lowest BCUT2D eigenvalue weighted by Gasteiger charge is -2.22. The lowest BCUT2D eigenvalue weighted by atomic mass is 9.96. The zero-order valence-electron chi connectivity index (χ0n) is 14.0. The third-order valence-electron chi connectivity index (χ3n) is 3.77. The molecule has 1 N–H and O–H groups in total. The van der Waals surface area contributed by atoms with Gasteiger partial charge in [0, 0.05) is 16.9 Å². The largest absolute Gasteiger partial charge is 0.486 e. The van der Waals surface area contributed by atoms with Gasteiger partial charge in [-0.05, 0) is 24.1 Å². The van der Waals surface area contributed by atoms with E-state index in [-0.39, 0.29) is 11.5 Å². The van der Waals surface area contributed by atoms with E-state index in [2.05, 4.69) is 54.5 Å². The van der Waals surface area contributed by atoms with Gasteiger partial charge in [0.15, 0.2) is 11.5 Å². The first-order valence-electron chi connectivity index (χ1n) is 7.97. The van der Waals surface area contributed by atoms with Crippen LogP contribution in [0.15, 0.2) is 18.2 Å². The predicted octanol–water partition coefficient (Wildman–Crippen LogP) is 4.17. The van der Waals surface area contributed by atoms with Crippen LogP contribution in [-0.4, -0.2) is 22.6 Å². The molecular formula is C17H23N3O2S. The van der Waals surface area contributed by atoms with Gasteiger partial charge in [-0.1, -0.05) is 33.8 Å². The minimum atomic E-state index is -0.0326. The highest BCUT2D eigenvalue weighted by Gasteiger charge is 2.21. The predicted molar refractivity (Wildman–Crippen MR) is 92.7 cm³/mol. The van der Waals surface area contributed by atoms with Crippen LogP contribution >= 0.6 is 11.5 Å². The average Bonchev–Trinajstić information content (AvgIpc) is 3.01. The molecule has 2 aromatic rings. The molecule has 2 heterocycles. The minimum absolute atomic E-state index is 0.0326. The van der Waals surface area contributed by atoms with Gasteiger partial charge < -0.3 is 14.8 Å². The van der Waals surface area contributed by atoms with E-state index in [0.29, 0.717) is 13.2 Å². The van der Waals surface area contributed by atoms with Gasteiger partial charge in [0.25, 0.3) is 0 Å². The molecule has 0 radical (unpaired) electrons. The van der Waals surface area contributed by atoms with E-state index >= 15 is 0 Å². The van der Waals surface area contributed by atoms with Crippen LogP contribution in [0.1, 0.15) is 51.5 Å². The van der Waals surface area contributed by atoms with E-state index in [4.69, 9.17) is 9.47 Å². The van der Waals surface area contributed by atoms with Crippen molar-refractivity contribution in [3.05, 3.63) is 29.6 Å².